The van der Waals surface area contributed by atoms with E-state index in [1.165, 1.54) is 22.4 Å². The van der Waals surface area contributed by atoms with E-state index in [9.17, 15) is 0 Å². The normalized spacial score (nSPS) is 28.6. The highest BCUT2D eigenvalue weighted by Gasteiger charge is 2.41. The van der Waals surface area contributed by atoms with Gasteiger partial charge in [-0.05, 0) is 25.5 Å². The average molecular weight is 255 g/mol. The van der Waals surface area contributed by atoms with E-state index in [0.29, 0.717) is 12.0 Å². The molecule has 3 atom stereocenters. The number of hydrogen-bond donors (Lipinski definition) is 1. The molecule has 3 nitrogen and oxygen atoms in total. The van der Waals surface area contributed by atoms with E-state index < -0.39 is 0 Å². The Bertz CT molecular complexity index is 591. The van der Waals surface area contributed by atoms with E-state index in [-0.39, 0.29) is 6.10 Å². The maximum Gasteiger partial charge on any atom is 0.0955 e. The van der Waals surface area contributed by atoms with Gasteiger partial charge in [-0.15, -0.1) is 0 Å². The van der Waals surface area contributed by atoms with E-state index in [4.69, 9.17) is 9.15 Å². The fraction of sp³-hybridized carbons (Fsp3) is 0.375. The summed E-state index contributed by atoms with van der Waals surface area (Å²) in [5.41, 5.74) is 5.01. The Labute approximate surface area is 112 Å². The molecule has 0 radical (unpaired) electrons. The van der Waals surface area contributed by atoms with Gasteiger partial charge in [0, 0.05) is 29.3 Å². The summed E-state index contributed by atoms with van der Waals surface area (Å²) in [6, 6.07) is 8.90. The minimum atomic E-state index is 0.219. The molecule has 4 rings (SSSR count). The molecule has 0 aliphatic carbocycles. The lowest BCUT2D eigenvalue weighted by Gasteiger charge is -2.36. The van der Waals surface area contributed by atoms with E-state index in [2.05, 4.69) is 30.4 Å². The summed E-state index contributed by atoms with van der Waals surface area (Å²) < 4.78 is 11.2. The Morgan fingerprint density at radius 3 is 3.05 bits per heavy atom. The van der Waals surface area contributed by atoms with Crippen LogP contribution in [-0.4, -0.2) is 6.61 Å². The Kier molecular flexibility index (Phi) is 2.42. The lowest BCUT2D eigenvalue weighted by Crippen LogP contribution is -2.29. The number of fused-ring (bicyclic) bond motifs is 3. The van der Waals surface area contributed by atoms with Gasteiger partial charge in [-0.1, -0.05) is 17.7 Å². The molecule has 2 aliphatic heterocycles. The fourth-order valence-corrected chi connectivity index (χ4v) is 3.37. The molecule has 3 heterocycles. The minimum Gasteiger partial charge on any atom is -0.472 e. The number of hydrogen-bond acceptors (Lipinski definition) is 3. The molecule has 1 aromatic carbocycles. The molecule has 2 aromatic rings. The number of aryl methyl sites for hydroxylation is 1. The second-order valence-electron chi connectivity index (χ2n) is 5.51. The van der Waals surface area contributed by atoms with Gasteiger partial charge >= 0.3 is 0 Å². The summed E-state index contributed by atoms with van der Waals surface area (Å²) in [6.07, 6.45) is 4.90. The van der Waals surface area contributed by atoms with Crippen LogP contribution in [-0.2, 0) is 4.74 Å². The van der Waals surface area contributed by atoms with Gasteiger partial charge in [-0.2, -0.15) is 0 Å². The van der Waals surface area contributed by atoms with Crippen molar-refractivity contribution >= 4 is 5.69 Å². The van der Waals surface area contributed by atoms with Crippen LogP contribution in [0.25, 0.3) is 0 Å². The maximum absolute atomic E-state index is 6.00. The number of benzene rings is 1. The van der Waals surface area contributed by atoms with Crippen molar-refractivity contribution in [1.29, 1.82) is 0 Å². The highest BCUT2D eigenvalue weighted by Crippen LogP contribution is 2.49. The van der Waals surface area contributed by atoms with Crippen molar-refractivity contribution in [3.8, 4) is 0 Å². The van der Waals surface area contributed by atoms with Crippen LogP contribution < -0.4 is 5.32 Å². The predicted octanol–water partition coefficient (Wildman–Crippen LogP) is 3.83. The lowest BCUT2D eigenvalue weighted by molar-refractivity contribution is 0.0828. The maximum atomic E-state index is 6.00. The Morgan fingerprint density at radius 2 is 2.21 bits per heavy atom. The second-order valence-corrected chi connectivity index (χ2v) is 5.51. The SMILES string of the molecule is Cc1ccc2c(c1)C1OCCC1C(c1ccoc1)N2. The van der Waals surface area contributed by atoms with Crippen molar-refractivity contribution < 1.29 is 9.15 Å². The van der Waals surface area contributed by atoms with Gasteiger partial charge in [0.25, 0.3) is 0 Å². The predicted molar refractivity (Wildman–Crippen MR) is 73.1 cm³/mol. The molecule has 1 saturated heterocycles. The zero-order valence-corrected chi connectivity index (χ0v) is 10.9. The monoisotopic (exact) mass is 255 g/mol. The molecule has 3 unspecified atom stereocenters. The van der Waals surface area contributed by atoms with Crippen LogP contribution in [0.15, 0.2) is 41.2 Å². The number of rotatable bonds is 1. The van der Waals surface area contributed by atoms with Gasteiger partial charge < -0.3 is 14.5 Å². The van der Waals surface area contributed by atoms with Crippen LogP contribution in [0.3, 0.4) is 0 Å². The number of anilines is 1. The van der Waals surface area contributed by atoms with E-state index in [1.54, 1.807) is 6.26 Å². The second kappa shape index (κ2) is 4.14. The van der Waals surface area contributed by atoms with E-state index in [1.807, 2.05) is 12.3 Å². The quantitative estimate of drug-likeness (QED) is 0.841. The third-order valence-corrected chi connectivity index (χ3v) is 4.29. The molecule has 1 N–H and O–H groups in total. The van der Waals surface area contributed by atoms with Gasteiger partial charge in [-0.25, -0.2) is 0 Å². The first-order valence-corrected chi connectivity index (χ1v) is 6.84. The summed E-state index contributed by atoms with van der Waals surface area (Å²) in [6.45, 7) is 2.98. The molecule has 19 heavy (non-hydrogen) atoms. The zero-order chi connectivity index (χ0) is 12.8. The molecule has 98 valence electrons. The minimum absolute atomic E-state index is 0.219. The Hall–Kier alpha value is -1.74. The zero-order valence-electron chi connectivity index (χ0n) is 10.9. The Balaban J connectivity index is 1.80. The van der Waals surface area contributed by atoms with Gasteiger partial charge in [0.15, 0.2) is 0 Å². The number of nitrogens with one attached hydrogen (secondary N) is 1. The van der Waals surface area contributed by atoms with Crippen molar-refractivity contribution in [2.24, 2.45) is 5.92 Å². The first-order chi connectivity index (χ1) is 9.33. The third-order valence-electron chi connectivity index (χ3n) is 4.29. The van der Waals surface area contributed by atoms with Crippen molar-refractivity contribution in [1.82, 2.24) is 0 Å². The summed E-state index contributed by atoms with van der Waals surface area (Å²) in [7, 11) is 0. The van der Waals surface area contributed by atoms with Crippen LogP contribution in [0.4, 0.5) is 5.69 Å². The number of furan rings is 1. The molecule has 1 aromatic heterocycles. The highest BCUT2D eigenvalue weighted by atomic mass is 16.5. The van der Waals surface area contributed by atoms with Crippen LogP contribution in [0.5, 0.6) is 0 Å². The van der Waals surface area contributed by atoms with E-state index >= 15 is 0 Å². The molecular formula is C16H17NO2. The van der Waals surface area contributed by atoms with Crippen molar-refractivity contribution in [2.45, 2.75) is 25.5 Å². The van der Waals surface area contributed by atoms with Crippen molar-refractivity contribution in [3.05, 3.63) is 53.5 Å². The van der Waals surface area contributed by atoms with Crippen LogP contribution >= 0.6 is 0 Å². The number of ether oxygens (including phenoxy) is 1. The smallest absolute Gasteiger partial charge is 0.0955 e. The summed E-state index contributed by atoms with van der Waals surface area (Å²) in [5, 5.41) is 3.66. The largest absolute Gasteiger partial charge is 0.472 e. The third kappa shape index (κ3) is 1.69. The van der Waals surface area contributed by atoms with Crippen LogP contribution in [0.2, 0.25) is 0 Å². The fourth-order valence-electron chi connectivity index (χ4n) is 3.37. The van der Waals surface area contributed by atoms with Crippen molar-refractivity contribution in [2.75, 3.05) is 11.9 Å². The van der Waals surface area contributed by atoms with Crippen molar-refractivity contribution in [3.63, 3.8) is 0 Å². The average Bonchev–Trinajstić information content (AvgIpc) is 3.09. The van der Waals surface area contributed by atoms with Gasteiger partial charge in [0.1, 0.15) is 0 Å². The molecule has 0 amide bonds. The molecule has 2 aliphatic rings. The van der Waals surface area contributed by atoms with Gasteiger partial charge in [-0.3, -0.25) is 0 Å². The summed E-state index contributed by atoms with van der Waals surface area (Å²) in [5.74, 6) is 0.492. The molecular weight excluding hydrogens is 238 g/mol. The molecule has 0 spiro atoms. The first-order valence-electron chi connectivity index (χ1n) is 6.84. The molecule has 3 heteroatoms. The summed E-state index contributed by atoms with van der Waals surface area (Å²) >= 11 is 0. The van der Waals surface area contributed by atoms with Gasteiger partial charge in [0.05, 0.1) is 24.7 Å². The summed E-state index contributed by atoms with van der Waals surface area (Å²) in [4.78, 5) is 0. The molecule has 0 bridgehead atoms. The molecule has 1 fully saturated rings. The van der Waals surface area contributed by atoms with Crippen LogP contribution in [0.1, 0.15) is 35.3 Å². The first kappa shape index (κ1) is 11.1. The standard InChI is InChI=1S/C16H17NO2/c1-10-2-3-14-13(8-10)16-12(5-7-19-16)15(17-14)11-4-6-18-9-11/h2-4,6,8-9,12,15-17H,5,7H2,1H3. The van der Waals surface area contributed by atoms with Gasteiger partial charge in [0.2, 0.25) is 0 Å². The van der Waals surface area contributed by atoms with E-state index in [0.717, 1.165) is 13.0 Å². The molecule has 0 saturated carbocycles. The topological polar surface area (TPSA) is 34.4 Å². The Morgan fingerprint density at radius 1 is 1.26 bits per heavy atom. The van der Waals surface area contributed by atoms with Crippen LogP contribution in [0, 0.1) is 12.8 Å². The lowest BCUT2D eigenvalue weighted by atomic mass is 9.81. The highest BCUT2D eigenvalue weighted by molar-refractivity contribution is 5.58.